The smallest absolute Gasteiger partial charge is 0.358 e. The van der Waals surface area contributed by atoms with Gasteiger partial charge in [0.25, 0.3) is 0 Å². The predicted octanol–water partition coefficient (Wildman–Crippen LogP) is 1.66. The first-order valence-corrected chi connectivity index (χ1v) is 1.79. The number of hydrogen-bond acceptors (Lipinski definition) is 0. The Balaban J connectivity index is -0.00000000500. The quantitative estimate of drug-likeness (QED) is 0.418. The fourth-order valence-corrected chi connectivity index (χ4v) is 0. The van der Waals surface area contributed by atoms with Gasteiger partial charge in [0.2, 0.25) is 0 Å². The number of rotatable bonds is 0. The SMILES string of the molecule is [CH2-]I.[CH3-].[V+2]. The molecule has 0 aliphatic carbocycles. The molecule has 0 aromatic heterocycles. The van der Waals surface area contributed by atoms with E-state index in [2.05, 4.69) is 4.93 Å². The van der Waals surface area contributed by atoms with Crippen molar-refractivity contribution in [3.63, 3.8) is 0 Å². The molecule has 0 saturated heterocycles. The second-order valence-electron chi connectivity index (χ2n) is 0. The van der Waals surface area contributed by atoms with Crippen LogP contribution in [0.2, 0.25) is 0 Å². The number of halogens is 1. The van der Waals surface area contributed by atoms with E-state index in [9.17, 15) is 0 Å². The van der Waals surface area contributed by atoms with Crippen molar-refractivity contribution in [2.24, 2.45) is 0 Å². The summed E-state index contributed by atoms with van der Waals surface area (Å²) in [5, 5.41) is 0. The van der Waals surface area contributed by atoms with Crippen molar-refractivity contribution in [1.82, 2.24) is 0 Å². The summed E-state index contributed by atoms with van der Waals surface area (Å²) in [4.78, 5) is 3.22. The standard InChI is InChI=1S/CH2I.CH3.V/c1-2;;/h1H2;1H3;/q2*-1;+2. The average Bonchev–Trinajstić information content (AvgIpc) is 1.00. The Labute approximate surface area is 53.4 Å². The largest absolute Gasteiger partial charge is 2.00 e. The van der Waals surface area contributed by atoms with Crippen molar-refractivity contribution >= 4 is 22.6 Å². The summed E-state index contributed by atoms with van der Waals surface area (Å²) in [6.45, 7) is 0. The molecule has 0 amide bonds. The third-order valence-corrected chi connectivity index (χ3v) is 0. The van der Waals surface area contributed by atoms with Crippen molar-refractivity contribution in [3.05, 3.63) is 12.4 Å². The predicted molar refractivity (Wildman–Crippen MR) is 25.8 cm³/mol. The van der Waals surface area contributed by atoms with E-state index >= 15 is 0 Å². The van der Waals surface area contributed by atoms with Crippen LogP contribution in [0.25, 0.3) is 0 Å². The van der Waals surface area contributed by atoms with Crippen LogP contribution < -0.4 is 0 Å². The van der Waals surface area contributed by atoms with Crippen LogP contribution in [0, 0.1) is 12.4 Å². The van der Waals surface area contributed by atoms with Crippen LogP contribution in [0.3, 0.4) is 0 Å². The van der Waals surface area contributed by atoms with Gasteiger partial charge in [-0.1, -0.05) is 0 Å². The van der Waals surface area contributed by atoms with E-state index in [0.29, 0.717) is 0 Å². The summed E-state index contributed by atoms with van der Waals surface area (Å²) < 4.78 is 0. The van der Waals surface area contributed by atoms with Crippen LogP contribution >= 0.6 is 22.6 Å². The van der Waals surface area contributed by atoms with Crippen LogP contribution in [0.5, 0.6) is 0 Å². The van der Waals surface area contributed by atoms with Crippen molar-refractivity contribution in [2.75, 3.05) is 0 Å². The maximum atomic E-state index is 3.22. The fraction of sp³-hybridized carbons (Fsp3) is 0. The Hall–Kier alpha value is 1.31. The summed E-state index contributed by atoms with van der Waals surface area (Å²) >= 11 is 1.90. The Bertz CT molecular complexity index is 6.00. The van der Waals surface area contributed by atoms with Crippen LogP contribution in [0.4, 0.5) is 0 Å². The van der Waals surface area contributed by atoms with Crippen molar-refractivity contribution < 1.29 is 18.6 Å². The molecule has 2 heteroatoms. The Morgan fingerprint density at radius 1 is 1.25 bits per heavy atom. The summed E-state index contributed by atoms with van der Waals surface area (Å²) in [6.07, 6.45) is 0. The van der Waals surface area contributed by atoms with Gasteiger partial charge in [0, 0.05) is 0 Å². The molecule has 25 valence electrons. The maximum Gasteiger partial charge on any atom is 2.00 e. The third-order valence-electron chi connectivity index (χ3n) is 0. The fourth-order valence-electron chi connectivity index (χ4n) is 0. The molecule has 0 fully saturated rings. The van der Waals surface area contributed by atoms with Gasteiger partial charge in [0.1, 0.15) is 0 Å². The van der Waals surface area contributed by atoms with E-state index in [1.165, 1.54) is 0 Å². The Morgan fingerprint density at radius 3 is 1.25 bits per heavy atom. The van der Waals surface area contributed by atoms with E-state index in [4.69, 9.17) is 0 Å². The van der Waals surface area contributed by atoms with Crippen molar-refractivity contribution in [2.45, 2.75) is 0 Å². The average molecular weight is 207 g/mol. The molecule has 0 unspecified atom stereocenters. The van der Waals surface area contributed by atoms with Gasteiger partial charge in [0.15, 0.2) is 0 Å². The molecule has 4 heavy (non-hydrogen) atoms. The zero-order valence-corrected chi connectivity index (χ0v) is 6.09. The molecular weight excluding hydrogens is 202 g/mol. The molecule has 0 rings (SSSR count). The topological polar surface area (TPSA) is 0 Å². The molecule has 1 radical (unpaired) electrons. The molecule has 0 aliphatic rings. The monoisotopic (exact) mass is 207 g/mol. The van der Waals surface area contributed by atoms with E-state index in [-0.39, 0.29) is 26.0 Å². The van der Waals surface area contributed by atoms with Crippen LogP contribution in [0.15, 0.2) is 0 Å². The van der Waals surface area contributed by atoms with E-state index in [1.54, 1.807) is 0 Å². The van der Waals surface area contributed by atoms with Crippen molar-refractivity contribution in [1.29, 1.82) is 0 Å². The maximum absolute atomic E-state index is 3.22. The van der Waals surface area contributed by atoms with Gasteiger partial charge in [0.05, 0.1) is 0 Å². The molecule has 0 aromatic rings. The minimum Gasteiger partial charge on any atom is -0.358 e. The molecule has 0 aromatic carbocycles. The summed E-state index contributed by atoms with van der Waals surface area (Å²) in [7, 11) is 0. The molecule has 0 atom stereocenters. The summed E-state index contributed by atoms with van der Waals surface area (Å²) in [6, 6.07) is 0. The second kappa shape index (κ2) is 27.4. The van der Waals surface area contributed by atoms with Crippen molar-refractivity contribution in [3.8, 4) is 0 Å². The van der Waals surface area contributed by atoms with Gasteiger partial charge >= 0.3 is 18.6 Å². The summed E-state index contributed by atoms with van der Waals surface area (Å²) in [5.74, 6) is 0. The van der Waals surface area contributed by atoms with Gasteiger partial charge in [-0.2, -0.15) is 0 Å². The first-order valence-electron chi connectivity index (χ1n) is 0.267. The molecule has 0 N–H and O–H groups in total. The molecule has 0 aliphatic heterocycles. The molecule has 0 heterocycles. The first-order chi connectivity index (χ1) is 1.00. The molecule has 0 bridgehead atoms. The van der Waals surface area contributed by atoms with Gasteiger partial charge in [-0.15, -0.1) is 0 Å². The zero-order chi connectivity index (χ0) is 2.00. The van der Waals surface area contributed by atoms with Gasteiger partial charge in [-0.3, -0.25) is 4.93 Å². The van der Waals surface area contributed by atoms with Gasteiger partial charge in [-0.25, -0.2) is 0 Å². The number of hydrogen-bond donors (Lipinski definition) is 0. The molecular formula is C2H5IV. The van der Waals surface area contributed by atoms with Crippen LogP contribution in [0.1, 0.15) is 0 Å². The van der Waals surface area contributed by atoms with Crippen LogP contribution in [-0.2, 0) is 18.6 Å². The third kappa shape index (κ3) is 10.3. The normalized spacial score (nSPS) is 1.50. The van der Waals surface area contributed by atoms with Gasteiger partial charge in [-0.05, 0) is 0 Å². The molecule has 0 spiro atoms. The molecule has 0 saturated carbocycles. The van der Waals surface area contributed by atoms with Crippen LogP contribution in [-0.4, -0.2) is 0 Å². The molecule has 0 nitrogen and oxygen atoms in total. The minimum atomic E-state index is 0. The second-order valence-corrected chi connectivity index (χ2v) is 0. The Kier molecular flexibility index (Phi) is 127. The van der Waals surface area contributed by atoms with Gasteiger partial charge < -0.3 is 30.0 Å². The summed E-state index contributed by atoms with van der Waals surface area (Å²) in [5.41, 5.74) is 0. The first kappa shape index (κ1) is 18.5. The zero-order valence-electron chi connectivity index (χ0n) is 2.53. The minimum absolute atomic E-state index is 0. The van der Waals surface area contributed by atoms with E-state index in [1.807, 2.05) is 22.6 Å². The van der Waals surface area contributed by atoms with E-state index in [0.717, 1.165) is 0 Å². The Morgan fingerprint density at radius 2 is 1.25 bits per heavy atom. The van der Waals surface area contributed by atoms with E-state index < -0.39 is 0 Å².